The van der Waals surface area contributed by atoms with Gasteiger partial charge in [0.15, 0.2) is 6.61 Å². The van der Waals surface area contributed by atoms with Crippen LogP contribution in [-0.2, 0) is 16.1 Å². The summed E-state index contributed by atoms with van der Waals surface area (Å²) < 4.78 is 11.6. The molecule has 162 valence electrons. The van der Waals surface area contributed by atoms with E-state index in [9.17, 15) is 9.59 Å². The van der Waals surface area contributed by atoms with Gasteiger partial charge >= 0.3 is 0 Å². The maximum atomic E-state index is 13.0. The van der Waals surface area contributed by atoms with Crippen molar-refractivity contribution in [3.63, 3.8) is 0 Å². The normalized spacial score (nSPS) is 11.7. The molecule has 2 aromatic carbocycles. The van der Waals surface area contributed by atoms with E-state index in [0.717, 1.165) is 5.56 Å². The molecule has 2 aromatic rings. The number of nitrogens with one attached hydrogen (secondary N) is 1. The van der Waals surface area contributed by atoms with Crippen molar-refractivity contribution in [1.82, 2.24) is 10.2 Å². The van der Waals surface area contributed by atoms with E-state index in [1.165, 1.54) is 4.90 Å². The van der Waals surface area contributed by atoms with Crippen LogP contribution >= 0.6 is 27.5 Å². The van der Waals surface area contributed by atoms with Crippen LogP contribution < -0.4 is 14.8 Å². The predicted molar refractivity (Wildman–Crippen MR) is 121 cm³/mol. The first-order chi connectivity index (χ1) is 14.2. The highest BCUT2D eigenvalue weighted by molar-refractivity contribution is 9.10. The molecule has 0 bridgehead atoms. The number of carbonyl (C=O) groups is 2. The lowest BCUT2D eigenvalue weighted by atomic mass is 10.1. The number of amides is 2. The minimum atomic E-state index is -0.677. The molecule has 8 heteroatoms. The predicted octanol–water partition coefficient (Wildman–Crippen LogP) is 4.43. The van der Waals surface area contributed by atoms with Gasteiger partial charge in [0.1, 0.15) is 17.5 Å². The first-order valence-corrected chi connectivity index (χ1v) is 10.7. The second kappa shape index (κ2) is 11.2. The number of hydrogen-bond acceptors (Lipinski definition) is 4. The number of halogens is 2. The zero-order chi connectivity index (χ0) is 22.3. The summed E-state index contributed by atoms with van der Waals surface area (Å²) in [6, 6.07) is 11.7. The summed E-state index contributed by atoms with van der Waals surface area (Å²) in [5.41, 5.74) is 0.847. The van der Waals surface area contributed by atoms with E-state index >= 15 is 0 Å². The number of rotatable bonds is 9. The van der Waals surface area contributed by atoms with E-state index in [4.69, 9.17) is 21.1 Å². The van der Waals surface area contributed by atoms with E-state index in [1.54, 1.807) is 32.2 Å². The monoisotopic (exact) mass is 496 g/mol. The van der Waals surface area contributed by atoms with Crippen molar-refractivity contribution < 1.29 is 19.1 Å². The Morgan fingerprint density at radius 2 is 1.90 bits per heavy atom. The second-order valence-corrected chi connectivity index (χ2v) is 8.37. The number of hydrogen-bond donors (Lipinski definition) is 1. The zero-order valence-corrected chi connectivity index (χ0v) is 19.8. The highest BCUT2D eigenvalue weighted by atomic mass is 79.9. The average Bonchev–Trinajstić information content (AvgIpc) is 2.70. The molecule has 0 aliphatic heterocycles. The lowest BCUT2D eigenvalue weighted by Gasteiger charge is -2.29. The van der Waals surface area contributed by atoms with Gasteiger partial charge in [0, 0.05) is 17.6 Å². The van der Waals surface area contributed by atoms with Gasteiger partial charge < -0.3 is 19.7 Å². The van der Waals surface area contributed by atoms with E-state index in [-0.39, 0.29) is 31.0 Å². The van der Waals surface area contributed by atoms with Gasteiger partial charge in [-0.2, -0.15) is 0 Å². The number of ether oxygens (including phenoxy) is 2. The molecule has 0 spiro atoms. The van der Waals surface area contributed by atoms with Gasteiger partial charge in [0.05, 0.1) is 11.6 Å². The standard InChI is InChI=1S/C22H26BrClN2O4/c1-14(2)25-22(28)15(3)26(12-16-6-5-7-18(10-16)29-4)21(27)13-30-20-9-8-17(24)11-19(20)23/h5-11,14-15H,12-13H2,1-4H3,(H,25,28)/t15-/m0/s1. The smallest absolute Gasteiger partial charge is 0.261 e. The van der Waals surface area contributed by atoms with Gasteiger partial charge in [-0.05, 0) is 72.6 Å². The first-order valence-electron chi connectivity index (χ1n) is 9.52. The Hall–Kier alpha value is -2.25. The lowest BCUT2D eigenvalue weighted by Crippen LogP contribution is -2.50. The summed E-state index contributed by atoms with van der Waals surface area (Å²) in [5, 5.41) is 3.41. The zero-order valence-electron chi connectivity index (χ0n) is 17.4. The molecule has 0 saturated carbocycles. The van der Waals surface area contributed by atoms with E-state index in [0.29, 0.717) is 21.0 Å². The summed E-state index contributed by atoms with van der Waals surface area (Å²) in [6.45, 7) is 5.48. The maximum Gasteiger partial charge on any atom is 0.261 e. The minimum Gasteiger partial charge on any atom is -0.497 e. The minimum absolute atomic E-state index is 0.0324. The van der Waals surface area contributed by atoms with Crippen molar-refractivity contribution in [2.45, 2.75) is 39.4 Å². The van der Waals surface area contributed by atoms with Crippen LogP contribution in [0, 0.1) is 0 Å². The van der Waals surface area contributed by atoms with Gasteiger partial charge in [-0.25, -0.2) is 0 Å². The van der Waals surface area contributed by atoms with Crippen LogP contribution in [0.5, 0.6) is 11.5 Å². The van der Waals surface area contributed by atoms with Crippen molar-refractivity contribution in [3.8, 4) is 11.5 Å². The topological polar surface area (TPSA) is 67.9 Å². The van der Waals surface area contributed by atoms with Crippen molar-refractivity contribution in [2.24, 2.45) is 0 Å². The molecular weight excluding hydrogens is 472 g/mol. The average molecular weight is 498 g/mol. The maximum absolute atomic E-state index is 13.0. The summed E-state index contributed by atoms with van der Waals surface area (Å²) in [5.74, 6) is 0.633. The lowest BCUT2D eigenvalue weighted by molar-refractivity contribution is -0.142. The van der Waals surface area contributed by atoms with E-state index < -0.39 is 6.04 Å². The molecule has 2 rings (SSSR count). The van der Waals surface area contributed by atoms with Crippen LogP contribution in [-0.4, -0.2) is 42.5 Å². The van der Waals surface area contributed by atoms with Crippen molar-refractivity contribution in [1.29, 1.82) is 0 Å². The fraction of sp³-hybridized carbons (Fsp3) is 0.364. The van der Waals surface area contributed by atoms with Gasteiger partial charge in [-0.3, -0.25) is 9.59 Å². The first kappa shape index (κ1) is 24.0. The van der Waals surface area contributed by atoms with Crippen LogP contribution in [0.3, 0.4) is 0 Å². The Kier molecular flexibility index (Phi) is 8.99. The molecule has 1 N–H and O–H groups in total. The Morgan fingerprint density at radius 3 is 2.53 bits per heavy atom. The third-order valence-corrected chi connectivity index (χ3v) is 5.19. The fourth-order valence-corrected chi connectivity index (χ4v) is 3.57. The summed E-state index contributed by atoms with van der Waals surface area (Å²) in [7, 11) is 1.58. The molecule has 0 aliphatic rings. The SMILES string of the molecule is COc1cccc(CN(C(=O)COc2ccc(Cl)cc2Br)[C@@H](C)C(=O)NC(C)C)c1. The molecule has 0 unspecified atom stereocenters. The summed E-state index contributed by atoms with van der Waals surface area (Å²) in [6.07, 6.45) is 0. The van der Waals surface area contributed by atoms with Gasteiger partial charge in [0.2, 0.25) is 5.91 Å². The molecule has 0 aromatic heterocycles. The molecule has 1 atom stereocenters. The summed E-state index contributed by atoms with van der Waals surface area (Å²) >= 11 is 9.32. The third kappa shape index (κ3) is 6.92. The summed E-state index contributed by atoms with van der Waals surface area (Å²) in [4.78, 5) is 27.1. The molecule has 0 heterocycles. The van der Waals surface area contributed by atoms with Crippen LogP contribution in [0.1, 0.15) is 26.3 Å². The van der Waals surface area contributed by atoms with E-state index in [2.05, 4.69) is 21.2 Å². The molecule has 6 nitrogen and oxygen atoms in total. The molecular formula is C22H26BrClN2O4. The fourth-order valence-electron chi connectivity index (χ4n) is 2.77. The largest absolute Gasteiger partial charge is 0.497 e. The highest BCUT2D eigenvalue weighted by Crippen LogP contribution is 2.28. The highest BCUT2D eigenvalue weighted by Gasteiger charge is 2.27. The molecule has 0 fully saturated rings. The van der Waals surface area contributed by atoms with Crippen molar-refractivity contribution in [3.05, 3.63) is 57.5 Å². The van der Waals surface area contributed by atoms with Crippen LogP contribution in [0.4, 0.5) is 0 Å². The molecule has 30 heavy (non-hydrogen) atoms. The van der Waals surface area contributed by atoms with Crippen LogP contribution in [0.25, 0.3) is 0 Å². The Morgan fingerprint density at radius 1 is 1.17 bits per heavy atom. The molecule has 0 aliphatic carbocycles. The van der Waals surface area contributed by atoms with Crippen molar-refractivity contribution >= 4 is 39.3 Å². The number of methoxy groups -OCH3 is 1. The Bertz CT molecular complexity index is 891. The van der Waals surface area contributed by atoms with Crippen molar-refractivity contribution in [2.75, 3.05) is 13.7 Å². The van der Waals surface area contributed by atoms with Crippen LogP contribution in [0.2, 0.25) is 5.02 Å². The van der Waals surface area contributed by atoms with Gasteiger partial charge in [-0.1, -0.05) is 23.7 Å². The molecule has 0 saturated heterocycles. The molecule has 2 amide bonds. The number of carbonyl (C=O) groups excluding carboxylic acids is 2. The quantitative estimate of drug-likeness (QED) is 0.556. The van der Waals surface area contributed by atoms with E-state index in [1.807, 2.05) is 38.1 Å². The third-order valence-electron chi connectivity index (χ3n) is 4.33. The Balaban J connectivity index is 2.19. The number of nitrogens with zero attached hydrogens (tertiary/aromatic N) is 1. The van der Waals surface area contributed by atoms with Gasteiger partial charge in [0.25, 0.3) is 5.91 Å². The van der Waals surface area contributed by atoms with Crippen LogP contribution in [0.15, 0.2) is 46.9 Å². The number of benzene rings is 2. The Labute approximate surface area is 190 Å². The van der Waals surface area contributed by atoms with Gasteiger partial charge in [-0.15, -0.1) is 0 Å². The molecule has 0 radical (unpaired) electrons. The second-order valence-electron chi connectivity index (χ2n) is 7.08.